The Morgan fingerprint density at radius 3 is 2.72 bits per heavy atom. The highest BCUT2D eigenvalue weighted by molar-refractivity contribution is 7.17. The summed E-state index contributed by atoms with van der Waals surface area (Å²) in [7, 11) is 0. The van der Waals surface area contributed by atoms with Crippen LogP contribution in [0.1, 0.15) is 37.1 Å². The van der Waals surface area contributed by atoms with Crippen molar-refractivity contribution >= 4 is 21.4 Å². The molecule has 0 aliphatic carbocycles. The number of thiophene rings is 1. The van der Waals surface area contributed by atoms with E-state index in [4.69, 9.17) is 0 Å². The van der Waals surface area contributed by atoms with Gasteiger partial charge in [-0.1, -0.05) is 30.3 Å². The zero-order valence-corrected chi connectivity index (χ0v) is 15.2. The molecule has 0 amide bonds. The minimum atomic E-state index is 0.254. The number of nitrogens with one attached hydrogen (secondary N) is 1. The summed E-state index contributed by atoms with van der Waals surface area (Å²) >= 11 is 1.81. The first-order valence-corrected chi connectivity index (χ1v) is 9.42. The SMILES string of the molecule is C[C@@H](N[C@H](C)c1csc2ccccc12)c1cccc(-n2cccn2)c1. The van der Waals surface area contributed by atoms with Crippen molar-refractivity contribution in [1.82, 2.24) is 15.1 Å². The van der Waals surface area contributed by atoms with Crippen molar-refractivity contribution in [1.29, 1.82) is 0 Å². The summed E-state index contributed by atoms with van der Waals surface area (Å²) < 4.78 is 3.24. The highest BCUT2D eigenvalue weighted by Gasteiger charge is 2.15. The highest BCUT2D eigenvalue weighted by atomic mass is 32.1. The first kappa shape index (κ1) is 16.1. The number of hydrogen-bond acceptors (Lipinski definition) is 3. The fourth-order valence-corrected chi connectivity index (χ4v) is 4.31. The molecule has 2 aromatic carbocycles. The van der Waals surface area contributed by atoms with Gasteiger partial charge in [-0.15, -0.1) is 11.3 Å². The third kappa shape index (κ3) is 3.23. The van der Waals surface area contributed by atoms with E-state index in [1.807, 2.05) is 28.3 Å². The molecule has 4 aromatic rings. The Morgan fingerprint density at radius 2 is 1.88 bits per heavy atom. The second-order valence-corrected chi connectivity index (χ2v) is 7.25. The molecule has 0 bridgehead atoms. The molecule has 0 fully saturated rings. The van der Waals surface area contributed by atoms with Crippen LogP contribution in [0.4, 0.5) is 0 Å². The predicted molar refractivity (Wildman–Crippen MR) is 105 cm³/mol. The summed E-state index contributed by atoms with van der Waals surface area (Å²) in [5, 5.41) is 11.7. The molecule has 4 heteroatoms. The van der Waals surface area contributed by atoms with Crippen LogP contribution in [-0.4, -0.2) is 9.78 Å². The smallest absolute Gasteiger partial charge is 0.0648 e. The van der Waals surface area contributed by atoms with E-state index in [0.29, 0.717) is 6.04 Å². The Kier molecular flexibility index (Phi) is 4.38. The minimum Gasteiger partial charge on any atom is -0.304 e. The molecule has 1 N–H and O–H groups in total. The molecule has 25 heavy (non-hydrogen) atoms. The predicted octanol–water partition coefficient (Wildman–Crippen LogP) is 5.50. The van der Waals surface area contributed by atoms with Crippen LogP contribution in [0.5, 0.6) is 0 Å². The fraction of sp³-hybridized carbons (Fsp3) is 0.190. The van der Waals surface area contributed by atoms with Gasteiger partial charge in [0.05, 0.1) is 5.69 Å². The zero-order chi connectivity index (χ0) is 17.2. The lowest BCUT2D eigenvalue weighted by Crippen LogP contribution is -2.22. The van der Waals surface area contributed by atoms with E-state index in [0.717, 1.165) is 5.69 Å². The van der Waals surface area contributed by atoms with Gasteiger partial charge in [-0.2, -0.15) is 5.10 Å². The summed E-state index contributed by atoms with van der Waals surface area (Å²) in [6, 6.07) is 19.6. The highest BCUT2D eigenvalue weighted by Crippen LogP contribution is 2.31. The van der Waals surface area contributed by atoms with Crippen LogP contribution >= 0.6 is 11.3 Å². The fourth-order valence-electron chi connectivity index (χ4n) is 3.25. The molecule has 0 aliphatic rings. The summed E-state index contributed by atoms with van der Waals surface area (Å²) in [6.45, 7) is 4.45. The van der Waals surface area contributed by atoms with Crippen LogP contribution in [0.3, 0.4) is 0 Å². The average molecular weight is 347 g/mol. The monoisotopic (exact) mass is 347 g/mol. The maximum absolute atomic E-state index is 4.32. The van der Waals surface area contributed by atoms with E-state index in [2.05, 4.69) is 78.2 Å². The van der Waals surface area contributed by atoms with Crippen molar-refractivity contribution in [3.05, 3.63) is 83.5 Å². The van der Waals surface area contributed by atoms with Crippen LogP contribution < -0.4 is 5.32 Å². The summed E-state index contributed by atoms with van der Waals surface area (Å²) in [5.41, 5.74) is 3.72. The van der Waals surface area contributed by atoms with Gasteiger partial charge in [0.1, 0.15) is 0 Å². The summed E-state index contributed by atoms with van der Waals surface area (Å²) in [6.07, 6.45) is 3.77. The molecular formula is C21H21N3S. The maximum Gasteiger partial charge on any atom is 0.0648 e. The third-order valence-corrected chi connectivity index (χ3v) is 5.60. The van der Waals surface area contributed by atoms with Crippen molar-refractivity contribution in [2.45, 2.75) is 25.9 Å². The molecular weight excluding hydrogens is 326 g/mol. The van der Waals surface area contributed by atoms with Crippen molar-refractivity contribution < 1.29 is 0 Å². The van der Waals surface area contributed by atoms with Crippen LogP contribution in [0.25, 0.3) is 15.8 Å². The quantitative estimate of drug-likeness (QED) is 0.517. The number of nitrogens with zero attached hydrogens (tertiary/aromatic N) is 2. The van der Waals surface area contributed by atoms with Crippen LogP contribution in [-0.2, 0) is 0 Å². The summed E-state index contributed by atoms with van der Waals surface area (Å²) in [4.78, 5) is 0. The molecule has 2 aromatic heterocycles. The third-order valence-electron chi connectivity index (χ3n) is 4.62. The van der Waals surface area contributed by atoms with Gasteiger partial charge >= 0.3 is 0 Å². The van der Waals surface area contributed by atoms with Crippen LogP contribution in [0, 0.1) is 0 Å². The normalized spacial score (nSPS) is 13.8. The summed E-state index contributed by atoms with van der Waals surface area (Å²) in [5.74, 6) is 0. The molecule has 0 saturated carbocycles. The molecule has 0 radical (unpaired) electrons. The van der Waals surface area contributed by atoms with Gasteiger partial charge in [0.15, 0.2) is 0 Å². The van der Waals surface area contributed by atoms with E-state index in [9.17, 15) is 0 Å². The van der Waals surface area contributed by atoms with Gasteiger partial charge in [-0.25, -0.2) is 4.68 Å². The number of aromatic nitrogens is 2. The van der Waals surface area contributed by atoms with E-state index >= 15 is 0 Å². The van der Waals surface area contributed by atoms with Gasteiger partial charge < -0.3 is 5.32 Å². The Labute approximate surface area is 151 Å². The molecule has 4 rings (SSSR count). The number of fused-ring (bicyclic) bond motifs is 1. The molecule has 2 atom stereocenters. The van der Waals surface area contributed by atoms with E-state index < -0.39 is 0 Å². The minimum absolute atomic E-state index is 0.254. The second kappa shape index (κ2) is 6.82. The molecule has 0 spiro atoms. The second-order valence-electron chi connectivity index (χ2n) is 6.34. The van der Waals surface area contributed by atoms with E-state index in [-0.39, 0.29) is 6.04 Å². The largest absolute Gasteiger partial charge is 0.304 e. The molecule has 0 saturated heterocycles. The molecule has 2 heterocycles. The van der Waals surface area contributed by atoms with Crippen LogP contribution in [0.15, 0.2) is 72.4 Å². The lowest BCUT2D eigenvalue weighted by Gasteiger charge is -2.21. The molecule has 3 nitrogen and oxygen atoms in total. The maximum atomic E-state index is 4.32. The number of benzene rings is 2. The number of rotatable bonds is 5. The average Bonchev–Trinajstić information content (AvgIpc) is 3.31. The van der Waals surface area contributed by atoms with Gasteiger partial charge in [-0.3, -0.25) is 0 Å². The Hall–Kier alpha value is -2.43. The molecule has 0 aliphatic heterocycles. The van der Waals surface area contributed by atoms with E-state index in [1.54, 1.807) is 6.20 Å². The van der Waals surface area contributed by atoms with Gasteiger partial charge in [0.25, 0.3) is 0 Å². The first-order valence-electron chi connectivity index (χ1n) is 8.54. The first-order chi connectivity index (χ1) is 12.2. The van der Waals surface area contributed by atoms with Crippen molar-refractivity contribution in [3.63, 3.8) is 0 Å². The van der Waals surface area contributed by atoms with Gasteiger partial charge in [0, 0.05) is 29.2 Å². The number of hydrogen-bond donors (Lipinski definition) is 1. The standard InChI is InChI=1S/C21H21N3S/c1-15(17-7-5-8-18(13-17)24-12-6-11-22-24)23-16(2)20-14-25-21-10-4-3-9-19(20)21/h3-16,23H,1-2H3/t15-,16-/m1/s1. The van der Waals surface area contributed by atoms with Crippen molar-refractivity contribution in [2.75, 3.05) is 0 Å². The Bertz CT molecular complexity index is 972. The lowest BCUT2D eigenvalue weighted by molar-refractivity contribution is 0.497. The van der Waals surface area contributed by atoms with Crippen LogP contribution in [0.2, 0.25) is 0 Å². The van der Waals surface area contributed by atoms with Gasteiger partial charge in [0.2, 0.25) is 0 Å². The van der Waals surface area contributed by atoms with Gasteiger partial charge in [-0.05, 0) is 60.0 Å². The molecule has 0 unspecified atom stereocenters. The van der Waals surface area contributed by atoms with E-state index in [1.165, 1.54) is 21.2 Å². The molecule has 126 valence electrons. The lowest BCUT2D eigenvalue weighted by atomic mass is 10.0. The topological polar surface area (TPSA) is 29.9 Å². The Morgan fingerprint density at radius 1 is 1.00 bits per heavy atom. The van der Waals surface area contributed by atoms with Crippen molar-refractivity contribution in [3.8, 4) is 5.69 Å². The Balaban J connectivity index is 1.55. The zero-order valence-electron chi connectivity index (χ0n) is 14.4. The van der Waals surface area contributed by atoms with Crippen molar-refractivity contribution in [2.24, 2.45) is 0 Å².